The third-order valence-electron chi connectivity index (χ3n) is 1.63. The Balaban J connectivity index is 3.66. The number of halogens is 1. The zero-order chi connectivity index (χ0) is 7.72. The predicted molar refractivity (Wildman–Crippen MR) is 41.4 cm³/mol. The molecule has 0 nitrogen and oxygen atoms in total. The Morgan fingerprint density at radius 3 is 2.40 bits per heavy atom. The van der Waals surface area contributed by atoms with Gasteiger partial charge in [0.1, 0.15) is 5.82 Å². The van der Waals surface area contributed by atoms with Gasteiger partial charge in [-0.15, -0.1) is 0 Å². The zero-order valence-corrected chi connectivity index (χ0v) is 5.95. The topological polar surface area (TPSA) is 0 Å². The molecule has 0 saturated carbocycles. The van der Waals surface area contributed by atoms with Crippen LogP contribution < -0.4 is 10.4 Å². The molecule has 1 aromatic carbocycles. The summed E-state index contributed by atoms with van der Waals surface area (Å²) < 4.78 is 12.7. The van der Waals surface area contributed by atoms with E-state index in [1.165, 1.54) is 6.07 Å². The number of hydrogen-bond acceptors (Lipinski definition) is 0. The normalized spacial score (nSPS) is 9.80. The van der Waals surface area contributed by atoms with Gasteiger partial charge in [-0.05, 0) is 29.0 Å². The molecule has 0 aliphatic rings. The number of benzene rings is 1. The molecule has 0 aliphatic heterocycles. The summed E-state index contributed by atoms with van der Waals surface area (Å²) in [4.78, 5) is 0. The van der Waals surface area contributed by atoms with E-state index in [4.69, 9.17) is 0 Å². The van der Waals surface area contributed by atoms with Crippen LogP contribution in [-0.4, -0.2) is 0 Å². The maximum absolute atomic E-state index is 12.7. The molecule has 0 radical (unpaired) electrons. The van der Waals surface area contributed by atoms with E-state index in [0.29, 0.717) is 10.8 Å². The van der Waals surface area contributed by atoms with Crippen molar-refractivity contribution in [3.63, 3.8) is 0 Å². The van der Waals surface area contributed by atoms with Crippen molar-refractivity contribution < 1.29 is 4.39 Å². The first-order chi connectivity index (χ1) is 4.63. The minimum Gasteiger partial charge on any atom is -0.207 e. The van der Waals surface area contributed by atoms with Gasteiger partial charge in [0.25, 0.3) is 0 Å². The van der Waals surface area contributed by atoms with Gasteiger partial charge in [0.15, 0.2) is 0 Å². The van der Waals surface area contributed by atoms with Gasteiger partial charge in [-0.3, -0.25) is 0 Å². The van der Waals surface area contributed by atoms with Crippen molar-refractivity contribution in [1.82, 2.24) is 0 Å². The van der Waals surface area contributed by atoms with E-state index in [-0.39, 0.29) is 5.82 Å². The largest absolute Gasteiger partial charge is 0.207 e. The van der Waals surface area contributed by atoms with Gasteiger partial charge < -0.3 is 0 Å². The molecule has 0 spiro atoms. The Kier molecular flexibility index (Phi) is 1.58. The molecule has 0 atom stereocenters. The molecule has 0 heterocycles. The highest BCUT2D eigenvalue weighted by Gasteiger charge is 1.94. The maximum Gasteiger partial charge on any atom is 0.126 e. The minimum atomic E-state index is -0.211. The van der Waals surface area contributed by atoms with E-state index in [1.807, 2.05) is 0 Å². The zero-order valence-electron chi connectivity index (χ0n) is 5.95. The average molecular weight is 136 g/mol. The Labute approximate surface area is 59.3 Å². The predicted octanol–water partition coefficient (Wildman–Crippen LogP) is 0.955. The molecule has 0 N–H and O–H groups in total. The third-order valence-corrected chi connectivity index (χ3v) is 1.63. The second-order valence-electron chi connectivity index (χ2n) is 2.31. The molecule has 0 aliphatic carbocycles. The van der Waals surface area contributed by atoms with E-state index >= 15 is 0 Å². The molecular weight excluding hydrogens is 127 g/mol. The summed E-state index contributed by atoms with van der Waals surface area (Å²) in [5.74, 6) is -0.211. The van der Waals surface area contributed by atoms with Crippen LogP contribution in [0.15, 0.2) is 12.1 Å². The molecule has 1 rings (SSSR count). The standard InChI is InChI=1S/C9H9F/c1-6-4-5-9(10)8(3)7(6)2/h4-5H,1-2H2,3H3. The second kappa shape index (κ2) is 2.25. The highest BCUT2D eigenvalue weighted by molar-refractivity contribution is 5.24. The minimum absolute atomic E-state index is 0.211. The van der Waals surface area contributed by atoms with Crippen LogP contribution in [0, 0.1) is 12.7 Å². The molecule has 1 aromatic rings. The van der Waals surface area contributed by atoms with Crippen LogP contribution in [0.5, 0.6) is 0 Å². The third kappa shape index (κ3) is 0.947. The van der Waals surface area contributed by atoms with Gasteiger partial charge in [-0.25, -0.2) is 4.39 Å². The lowest BCUT2D eigenvalue weighted by Crippen LogP contribution is -2.24. The Hall–Kier alpha value is -1.11. The van der Waals surface area contributed by atoms with E-state index in [1.54, 1.807) is 13.0 Å². The summed E-state index contributed by atoms with van der Waals surface area (Å²) in [6, 6.07) is 3.04. The van der Waals surface area contributed by atoms with Crippen molar-refractivity contribution in [1.29, 1.82) is 0 Å². The summed E-state index contributed by atoms with van der Waals surface area (Å²) in [5, 5.41) is 1.49. The summed E-state index contributed by atoms with van der Waals surface area (Å²) >= 11 is 0. The van der Waals surface area contributed by atoms with Crippen LogP contribution in [0.3, 0.4) is 0 Å². The monoisotopic (exact) mass is 136 g/mol. The molecule has 0 bridgehead atoms. The fourth-order valence-electron chi connectivity index (χ4n) is 0.784. The number of rotatable bonds is 0. The SMILES string of the molecule is C=c1ccc(F)c(C)c1=C. The first-order valence-electron chi connectivity index (χ1n) is 3.06. The Morgan fingerprint density at radius 1 is 1.30 bits per heavy atom. The second-order valence-corrected chi connectivity index (χ2v) is 2.31. The van der Waals surface area contributed by atoms with Gasteiger partial charge in [0, 0.05) is 0 Å². The van der Waals surface area contributed by atoms with Crippen molar-refractivity contribution in [2.45, 2.75) is 6.92 Å². The Bertz CT molecular complexity index is 338. The molecule has 0 amide bonds. The van der Waals surface area contributed by atoms with E-state index < -0.39 is 0 Å². The molecular formula is C9H9F. The smallest absolute Gasteiger partial charge is 0.126 e. The first kappa shape index (κ1) is 7.00. The van der Waals surface area contributed by atoms with Crippen LogP contribution in [0.2, 0.25) is 0 Å². The summed E-state index contributed by atoms with van der Waals surface area (Å²) in [6.07, 6.45) is 0. The quantitative estimate of drug-likeness (QED) is 0.498. The maximum atomic E-state index is 12.7. The molecule has 0 fully saturated rings. The van der Waals surface area contributed by atoms with Gasteiger partial charge in [0.05, 0.1) is 0 Å². The Morgan fingerprint density at radius 2 is 1.90 bits per heavy atom. The lowest BCUT2D eigenvalue weighted by molar-refractivity contribution is 0.616. The highest BCUT2D eigenvalue weighted by Crippen LogP contribution is 1.94. The van der Waals surface area contributed by atoms with Crippen molar-refractivity contribution in [2.24, 2.45) is 0 Å². The highest BCUT2D eigenvalue weighted by atomic mass is 19.1. The van der Waals surface area contributed by atoms with Crippen molar-refractivity contribution in [3.8, 4) is 0 Å². The van der Waals surface area contributed by atoms with Crippen LogP contribution in [0.4, 0.5) is 4.39 Å². The fourth-order valence-corrected chi connectivity index (χ4v) is 0.784. The molecule has 10 heavy (non-hydrogen) atoms. The number of hydrogen-bond donors (Lipinski definition) is 0. The van der Waals surface area contributed by atoms with Gasteiger partial charge in [-0.1, -0.05) is 19.2 Å². The summed E-state index contributed by atoms with van der Waals surface area (Å²) in [7, 11) is 0. The molecule has 0 saturated heterocycles. The molecule has 0 aromatic heterocycles. The van der Waals surface area contributed by atoms with E-state index in [2.05, 4.69) is 13.2 Å². The van der Waals surface area contributed by atoms with Crippen molar-refractivity contribution in [3.05, 3.63) is 34.0 Å². The van der Waals surface area contributed by atoms with Gasteiger partial charge in [0.2, 0.25) is 0 Å². The summed E-state index contributed by atoms with van der Waals surface area (Å²) in [6.45, 7) is 9.07. The molecule has 1 heteroatoms. The molecule has 52 valence electrons. The average Bonchev–Trinajstić information content (AvgIpc) is 1.93. The van der Waals surface area contributed by atoms with Crippen LogP contribution in [-0.2, 0) is 0 Å². The van der Waals surface area contributed by atoms with E-state index in [9.17, 15) is 4.39 Å². The van der Waals surface area contributed by atoms with Crippen LogP contribution in [0.1, 0.15) is 5.56 Å². The van der Waals surface area contributed by atoms with Gasteiger partial charge in [-0.2, -0.15) is 0 Å². The first-order valence-corrected chi connectivity index (χ1v) is 3.06. The fraction of sp³-hybridized carbons (Fsp3) is 0.111. The lowest BCUT2D eigenvalue weighted by Gasteiger charge is -1.94. The van der Waals surface area contributed by atoms with Crippen LogP contribution >= 0.6 is 0 Å². The lowest BCUT2D eigenvalue weighted by atomic mass is 10.1. The summed E-state index contributed by atoms with van der Waals surface area (Å²) in [5.41, 5.74) is 0.590. The van der Waals surface area contributed by atoms with Crippen molar-refractivity contribution >= 4 is 13.2 Å². The van der Waals surface area contributed by atoms with Gasteiger partial charge >= 0.3 is 0 Å². The van der Waals surface area contributed by atoms with Crippen molar-refractivity contribution in [2.75, 3.05) is 0 Å². The van der Waals surface area contributed by atoms with Crippen LogP contribution in [0.25, 0.3) is 13.2 Å². The van der Waals surface area contributed by atoms with E-state index in [0.717, 1.165) is 5.22 Å². The molecule has 0 unspecified atom stereocenters.